The summed E-state index contributed by atoms with van der Waals surface area (Å²) in [4.78, 5) is 11.6. The van der Waals surface area contributed by atoms with Gasteiger partial charge in [0.15, 0.2) is 0 Å². The summed E-state index contributed by atoms with van der Waals surface area (Å²) in [5, 5.41) is 0. The molecule has 0 aliphatic carbocycles. The predicted molar refractivity (Wildman–Crippen MR) is 58.9 cm³/mol. The molecule has 1 heterocycles. The smallest absolute Gasteiger partial charge is 0.317 e. The number of allylic oxidation sites excluding steroid dienone is 1. The van der Waals surface area contributed by atoms with Gasteiger partial charge >= 0.3 is 5.97 Å². The van der Waals surface area contributed by atoms with Crippen molar-refractivity contribution in [3.8, 4) is 0 Å². The Hall–Kier alpha value is -1.57. The topological polar surface area (TPSA) is 26.3 Å². The first-order chi connectivity index (χ1) is 7.09. The van der Waals surface area contributed by atoms with Gasteiger partial charge in [-0.15, -0.1) is 0 Å². The number of rotatable bonds is 1. The maximum atomic E-state index is 11.6. The van der Waals surface area contributed by atoms with E-state index >= 15 is 0 Å². The normalized spacial score (nSPS) is 19.3. The van der Waals surface area contributed by atoms with Gasteiger partial charge in [-0.3, -0.25) is 4.79 Å². The molecule has 0 spiro atoms. The monoisotopic (exact) mass is 202 g/mol. The molecule has 2 heteroatoms. The molecular formula is C13H14O2. The highest BCUT2D eigenvalue weighted by Gasteiger charge is 2.33. The Labute approximate surface area is 89.6 Å². The van der Waals surface area contributed by atoms with Crippen molar-refractivity contribution in [3.63, 3.8) is 0 Å². The quantitative estimate of drug-likeness (QED) is 0.654. The summed E-state index contributed by atoms with van der Waals surface area (Å²) in [6.45, 7) is 3.79. The molecule has 1 aromatic rings. The van der Waals surface area contributed by atoms with Gasteiger partial charge < -0.3 is 4.74 Å². The molecule has 0 fully saturated rings. The van der Waals surface area contributed by atoms with E-state index in [9.17, 15) is 4.79 Å². The van der Waals surface area contributed by atoms with Crippen LogP contribution in [-0.2, 0) is 9.53 Å². The van der Waals surface area contributed by atoms with E-state index in [1.54, 1.807) is 0 Å². The highest BCUT2D eigenvalue weighted by atomic mass is 16.5. The fourth-order valence-corrected chi connectivity index (χ4v) is 1.49. The van der Waals surface area contributed by atoms with Gasteiger partial charge in [-0.1, -0.05) is 30.3 Å². The van der Waals surface area contributed by atoms with Crippen molar-refractivity contribution >= 4 is 11.7 Å². The zero-order chi connectivity index (χ0) is 10.9. The van der Waals surface area contributed by atoms with Crippen molar-refractivity contribution in [1.82, 2.24) is 0 Å². The van der Waals surface area contributed by atoms with Crippen molar-refractivity contribution in [2.75, 3.05) is 0 Å². The lowest BCUT2D eigenvalue weighted by atomic mass is 9.87. The van der Waals surface area contributed by atoms with Gasteiger partial charge in [0.05, 0.1) is 5.41 Å². The van der Waals surface area contributed by atoms with Crippen LogP contribution in [0.2, 0.25) is 0 Å². The lowest BCUT2D eigenvalue weighted by Gasteiger charge is -2.26. The first-order valence-electron chi connectivity index (χ1n) is 5.07. The van der Waals surface area contributed by atoms with Crippen molar-refractivity contribution in [2.24, 2.45) is 5.41 Å². The summed E-state index contributed by atoms with van der Waals surface area (Å²) >= 11 is 0. The Balaban J connectivity index is 2.28. The molecule has 0 amide bonds. The maximum absolute atomic E-state index is 11.6. The third-order valence-electron chi connectivity index (χ3n) is 2.61. The van der Waals surface area contributed by atoms with Crippen LogP contribution in [0.15, 0.2) is 36.4 Å². The van der Waals surface area contributed by atoms with Crippen LogP contribution in [-0.4, -0.2) is 5.97 Å². The van der Waals surface area contributed by atoms with Crippen molar-refractivity contribution in [2.45, 2.75) is 20.3 Å². The van der Waals surface area contributed by atoms with Gasteiger partial charge in [0, 0.05) is 5.56 Å². The second-order valence-electron chi connectivity index (χ2n) is 4.41. The minimum Gasteiger partial charge on any atom is -0.426 e. The summed E-state index contributed by atoms with van der Waals surface area (Å²) in [6.07, 6.45) is 2.72. The van der Waals surface area contributed by atoms with Crippen LogP contribution in [0.4, 0.5) is 0 Å². The number of cyclic esters (lactones) is 1. The number of benzene rings is 1. The van der Waals surface area contributed by atoms with E-state index in [2.05, 4.69) is 0 Å². The fourth-order valence-electron chi connectivity index (χ4n) is 1.49. The first kappa shape index (κ1) is 9.97. The highest BCUT2D eigenvalue weighted by Crippen LogP contribution is 2.32. The molecule has 2 nitrogen and oxygen atoms in total. The Bertz CT molecular complexity index is 402. The number of ether oxygens (including phenoxy) is 1. The molecule has 0 bridgehead atoms. The Kier molecular flexibility index (Phi) is 2.35. The molecule has 0 saturated carbocycles. The van der Waals surface area contributed by atoms with Crippen LogP contribution in [0.1, 0.15) is 25.8 Å². The number of esters is 1. The second-order valence-corrected chi connectivity index (χ2v) is 4.41. The van der Waals surface area contributed by atoms with Gasteiger partial charge in [-0.2, -0.15) is 0 Å². The van der Waals surface area contributed by atoms with Crippen LogP contribution in [0.25, 0.3) is 5.76 Å². The van der Waals surface area contributed by atoms with E-state index in [0.29, 0.717) is 5.76 Å². The average molecular weight is 202 g/mol. The van der Waals surface area contributed by atoms with E-state index in [1.165, 1.54) is 0 Å². The van der Waals surface area contributed by atoms with Crippen molar-refractivity contribution in [1.29, 1.82) is 0 Å². The minimum absolute atomic E-state index is 0.149. The van der Waals surface area contributed by atoms with Gasteiger partial charge in [-0.25, -0.2) is 0 Å². The molecule has 0 aromatic heterocycles. The van der Waals surface area contributed by atoms with E-state index in [-0.39, 0.29) is 5.97 Å². The SMILES string of the molecule is CC1(C)CC=C(c2ccccc2)OC1=O. The minimum atomic E-state index is -0.391. The number of carbonyl (C=O) groups excluding carboxylic acids is 1. The number of carbonyl (C=O) groups is 1. The molecule has 0 unspecified atom stereocenters. The third-order valence-corrected chi connectivity index (χ3v) is 2.61. The van der Waals surface area contributed by atoms with Crippen LogP contribution in [0.3, 0.4) is 0 Å². The maximum Gasteiger partial charge on any atom is 0.317 e. The van der Waals surface area contributed by atoms with Crippen molar-refractivity contribution < 1.29 is 9.53 Å². The summed E-state index contributed by atoms with van der Waals surface area (Å²) in [5.74, 6) is 0.531. The molecule has 0 saturated heterocycles. The average Bonchev–Trinajstić information content (AvgIpc) is 2.23. The van der Waals surface area contributed by atoms with Crippen LogP contribution in [0, 0.1) is 5.41 Å². The van der Waals surface area contributed by atoms with E-state index in [1.807, 2.05) is 50.3 Å². The van der Waals surface area contributed by atoms with Gasteiger partial charge in [0.25, 0.3) is 0 Å². The van der Waals surface area contributed by atoms with Crippen LogP contribution in [0.5, 0.6) is 0 Å². The lowest BCUT2D eigenvalue weighted by Crippen LogP contribution is -2.28. The molecule has 78 valence electrons. The molecule has 1 aromatic carbocycles. The fraction of sp³-hybridized carbons (Fsp3) is 0.308. The Morgan fingerprint density at radius 1 is 1.20 bits per heavy atom. The largest absolute Gasteiger partial charge is 0.426 e. The molecule has 2 rings (SSSR count). The van der Waals surface area contributed by atoms with Gasteiger partial charge in [0.1, 0.15) is 5.76 Å². The molecule has 0 N–H and O–H groups in total. The summed E-state index contributed by atoms with van der Waals surface area (Å²) in [7, 11) is 0. The molecule has 15 heavy (non-hydrogen) atoms. The number of hydrogen-bond donors (Lipinski definition) is 0. The summed E-state index contributed by atoms with van der Waals surface area (Å²) in [5.41, 5.74) is 0.569. The summed E-state index contributed by atoms with van der Waals surface area (Å²) < 4.78 is 5.31. The second kappa shape index (κ2) is 3.54. The third kappa shape index (κ3) is 1.94. The zero-order valence-electron chi connectivity index (χ0n) is 8.99. The lowest BCUT2D eigenvalue weighted by molar-refractivity contribution is -0.147. The van der Waals surface area contributed by atoms with E-state index < -0.39 is 5.41 Å². The Morgan fingerprint density at radius 3 is 2.47 bits per heavy atom. The Morgan fingerprint density at radius 2 is 1.87 bits per heavy atom. The zero-order valence-corrected chi connectivity index (χ0v) is 8.99. The molecule has 1 aliphatic rings. The van der Waals surface area contributed by atoms with Crippen molar-refractivity contribution in [3.05, 3.63) is 42.0 Å². The summed E-state index contributed by atoms with van der Waals surface area (Å²) in [6, 6.07) is 9.70. The van der Waals surface area contributed by atoms with E-state index in [0.717, 1.165) is 12.0 Å². The molecule has 0 atom stereocenters. The van der Waals surface area contributed by atoms with Gasteiger partial charge in [0.2, 0.25) is 0 Å². The molecule has 0 radical (unpaired) electrons. The first-order valence-corrected chi connectivity index (χ1v) is 5.07. The predicted octanol–water partition coefficient (Wildman–Crippen LogP) is 3.00. The number of hydrogen-bond acceptors (Lipinski definition) is 2. The standard InChI is InChI=1S/C13H14O2/c1-13(2)9-8-11(15-12(13)14)10-6-4-3-5-7-10/h3-8H,9H2,1-2H3. The van der Waals surface area contributed by atoms with Crippen LogP contribution < -0.4 is 0 Å². The van der Waals surface area contributed by atoms with E-state index in [4.69, 9.17) is 4.74 Å². The molecular weight excluding hydrogens is 188 g/mol. The van der Waals surface area contributed by atoms with Gasteiger partial charge in [-0.05, 0) is 26.3 Å². The molecule has 1 aliphatic heterocycles. The highest BCUT2D eigenvalue weighted by molar-refractivity contribution is 5.84. The van der Waals surface area contributed by atoms with Crippen LogP contribution >= 0.6 is 0 Å².